The lowest BCUT2D eigenvalue weighted by Crippen LogP contribution is -2.38. The van der Waals surface area contributed by atoms with Gasteiger partial charge in [-0.2, -0.15) is 0 Å². The van der Waals surface area contributed by atoms with Crippen LogP contribution in [0, 0.1) is 15.9 Å². The molecule has 1 heterocycles. The number of halogens is 1. The maximum atomic E-state index is 13.3. The molecule has 0 radical (unpaired) electrons. The SMILES string of the molecule is O=[N+]([O-])c1cc(F)ccc1N1CCOC(c2ccccc2)C1. The van der Waals surface area contributed by atoms with Gasteiger partial charge in [-0.1, -0.05) is 30.3 Å². The molecule has 1 aliphatic heterocycles. The monoisotopic (exact) mass is 302 g/mol. The molecule has 1 unspecified atom stereocenters. The van der Waals surface area contributed by atoms with Gasteiger partial charge < -0.3 is 9.64 Å². The highest BCUT2D eigenvalue weighted by Crippen LogP contribution is 2.32. The average Bonchev–Trinajstić information content (AvgIpc) is 2.55. The molecule has 0 amide bonds. The molecule has 0 spiro atoms. The van der Waals surface area contributed by atoms with Crippen LogP contribution in [-0.4, -0.2) is 24.6 Å². The Morgan fingerprint density at radius 3 is 2.73 bits per heavy atom. The highest BCUT2D eigenvalue weighted by Gasteiger charge is 2.27. The molecule has 2 aromatic carbocycles. The number of hydrogen-bond donors (Lipinski definition) is 0. The average molecular weight is 302 g/mol. The Morgan fingerprint density at radius 2 is 2.00 bits per heavy atom. The summed E-state index contributed by atoms with van der Waals surface area (Å²) in [7, 11) is 0. The first-order valence-corrected chi connectivity index (χ1v) is 7.00. The molecule has 0 saturated carbocycles. The zero-order valence-electron chi connectivity index (χ0n) is 11.8. The predicted octanol–water partition coefficient (Wildman–Crippen LogP) is 3.31. The third kappa shape index (κ3) is 2.92. The van der Waals surface area contributed by atoms with Gasteiger partial charge >= 0.3 is 0 Å². The van der Waals surface area contributed by atoms with Gasteiger partial charge in [-0.3, -0.25) is 10.1 Å². The Balaban J connectivity index is 1.88. The minimum atomic E-state index is -0.608. The fraction of sp³-hybridized carbons (Fsp3) is 0.250. The van der Waals surface area contributed by atoms with Gasteiger partial charge in [0.2, 0.25) is 0 Å². The Kier molecular flexibility index (Phi) is 4.02. The summed E-state index contributed by atoms with van der Waals surface area (Å²) in [6.07, 6.45) is -0.153. The zero-order chi connectivity index (χ0) is 15.5. The molecule has 0 aliphatic carbocycles. The van der Waals surface area contributed by atoms with Crippen molar-refractivity contribution in [3.05, 3.63) is 70.0 Å². The molecule has 1 aliphatic rings. The second-order valence-corrected chi connectivity index (χ2v) is 5.11. The molecule has 1 fully saturated rings. The van der Waals surface area contributed by atoms with Crippen molar-refractivity contribution in [3.63, 3.8) is 0 Å². The zero-order valence-corrected chi connectivity index (χ0v) is 11.8. The van der Waals surface area contributed by atoms with Gasteiger partial charge in [0.25, 0.3) is 5.69 Å². The summed E-state index contributed by atoms with van der Waals surface area (Å²) in [5.41, 5.74) is 1.24. The molecule has 5 nitrogen and oxygen atoms in total. The van der Waals surface area contributed by atoms with Crippen LogP contribution in [0.4, 0.5) is 15.8 Å². The van der Waals surface area contributed by atoms with Gasteiger partial charge in [0.1, 0.15) is 17.6 Å². The third-order valence-electron chi connectivity index (χ3n) is 3.71. The molecule has 2 aromatic rings. The summed E-state index contributed by atoms with van der Waals surface area (Å²) in [6, 6.07) is 13.4. The van der Waals surface area contributed by atoms with E-state index in [2.05, 4.69) is 0 Å². The Labute approximate surface area is 127 Å². The molecule has 22 heavy (non-hydrogen) atoms. The maximum absolute atomic E-state index is 13.3. The Hall–Kier alpha value is -2.47. The summed E-state index contributed by atoms with van der Waals surface area (Å²) < 4.78 is 19.0. The number of ether oxygens (including phenoxy) is 1. The van der Waals surface area contributed by atoms with E-state index >= 15 is 0 Å². The Bertz CT molecular complexity index is 678. The minimum Gasteiger partial charge on any atom is -0.370 e. The van der Waals surface area contributed by atoms with E-state index in [1.807, 2.05) is 35.2 Å². The number of benzene rings is 2. The number of nitrogens with zero attached hydrogens (tertiary/aromatic N) is 2. The largest absolute Gasteiger partial charge is 0.370 e. The van der Waals surface area contributed by atoms with E-state index in [-0.39, 0.29) is 11.8 Å². The first-order chi connectivity index (χ1) is 10.6. The number of anilines is 1. The van der Waals surface area contributed by atoms with Crippen LogP contribution in [0.25, 0.3) is 0 Å². The lowest BCUT2D eigenvalue weighted by molar-refractivity contribution is -0.384. The minimum absolute atomic E-state index is 0.153. The smallest absolute Gasteiger partial charge is 0.295 e. The van der Waals surface area contributed by atoms with Crippen molar-refractivity contribution in [2.75, 3.05) is 24.6 Å². The first kappa shape index (κ1) is 14.5. The van der Waals surface area contributed by atoms with Crippen LogP contribution in [0.15, 0.2) is 48.5 Å². The first-order valence-electron chi connectivity index (χ1n) is 7.00. The second-order valence-electron chi connectivity index (χ2n) is 5.11. The van der Waals surface area contributed by atoms with Gasteiger partial charge in [0, 0.05) is 13.1 Å². The van der Waals surface area contributed by atoms with E-state index < -0.39 is 10.7 Å². The molecule has 0 N–H and O–H groups in total. The van der Waals surface area contributed by atoms with Crippen molar-refractivity contribution < 1.29 is 14.1 Å². The molecule has 0 aromatic heterocycles. The van der Waals surface area contributed by atoms with E-state index in [1.165, 1.54) is 12.1 Å². The Morgan fingerprint density at radius 1 is 1.23 bits per heavy atom. The molecule has 1 atom stereocenters. The van der Waals surface area contributed by atoms with E-state index in [0.717, 1.165) is 11.6 Å². The fourth-order valence-electron chi connectivity index (χ4n) is 2.65. The van der Waals surface area contributed by atoms with E-state index in [4.69, 9.17) is 4.74 Å². The lowest BCUT2D eigenvalue weighted by Gasteiger charge is -2.34. The van der Waals surface area contributed by atoms with Gasteiger partial charge in [-0.15, -0.1) is 0 Å². The van der Waals surface area contributed by atoms with Crippen LogP contribution < -0.4 is 4.90 Å². The number of morpholine rings is 1. The van der Waals surface area contributed by atoms with Crippen LogP contribution in [0.2, 0.25) is 0 Å². The van der Waals surface area contributed by atoms with E-state index in [1.54, 1.807) is 0 Å². The van der Waals surface area contributed by atoms with Gasteiger partial charge in [0.15, 0.2) is 0 Å². The number of rotatable bonds is 3. The van der Waals surface area contributed by atoms with Crippen LogP contribution in [-0.2, 0) is 4.74 Å². The highest BCUT2D eigenvalue weighted by molar-refractivity contribution is 5.63. The van der Waals surface area contributed by atoms with E-state index in [0.29, 0.717) is 25.4 Å². The van der Waals surface area contributed by atoms with Crippen LogP contribution in [0.3, 0.4) is 0 Å². The van der Waals surface area contributed by atoms with Gasteiger partial charge in [0.05, 0.1) is 17.6 Å². The molecular weight excluding hydrogens is 287 g/mol. The van der Waals surface area contributed by atoms with Crippen LogP contribution in [0.1, 0.15) is 11.7 Å². The van der Waals surface area contributed by atoms with Gasteiger partial charge in [-0.25, -0.2) is 4.39 Å². The van der Waals surface area contributed by atoms with Crippen molar-refractivity contribution in [2.24, 2.45) is 0 Å². The standard InChI is InChI=1S/C16H15FN2O3/c17-13-6-7-14(15(10-13)19(20)21)18-8-9-22-16(11-18)12-4-2-1-3-5-12/h1-7,10,16H,8-9,11H2. The normalized spacial score (nSPS) is 18.2. The summed E-state index contributed by atoms with van der Waals surface area (Å²) in [6.45, 7) is 1.50. The predicted molar refractivity (Wildman–Crippen MR) is 80.4 cm³/mol. The molecule has 1 saturated heterocycles. The number of nitro groups is 1. The summed E-state index contributed by atoms with van der Waals surface area (Å²) in [4.78, 5) is 12.5. The molecule has 0 bridgehead atoms. The van der Waals surface area contributed by atoms with Crippen molar-refractivity contribution in [3.8, 4) is 0 Å². The summed E-state index contributed by atoms with van der Waals surface area (Å²) >= 11 is 0. The van der Waals surface area contributed by atoms with Crippen molar-refractivity contribution in [1.29, 1.82) is 0 Å². The van der Waals surface area contributed by atoms with Crippen molar-refractivity contribution in [2.45, 2.75) is 6.10 Å². The summed E-state index contributed by atoms with van der Waals surface area (Å²) in [5.74, 6) is -0.608. The third-order valence-corrected chi connectivity index (χ3v) is 3.71. The molecule has 3 rings (SSSR count). The van der Waals surface area contributed by atoms with E-state index in [9.17, 15) is 14.5 Å². The number of hydrogen-bond acceptors (Lipinski definition) is 4. The maximum Gasteiger partial charge on any atom is 0.295 e. The van der Waals surface area contributed by atoms with Gasteiger partial charge in [-0.05, 0) is 17.7 Å². The topological polar surface area (TPSA) is 55.6 Å². The summed E-state index contributed by atoms with van der Waals surface area (Å²) in [5, 5.41) is 11.1. The molecule has 114 valence electrons. The number of nitro benzene ring substituents is 1. The lowest BCUT2D eigenvalue weighted by atomic mass is 10.1. The molecule has 6 heteroatoms. The van der Waals surface area contributed by atoms with Crippen molar-refractivity contribution >= 4 is 11.4 Å². The molecular formula is C16H15FN2O3. The fourth-order valence-corrected chi connectivity index (χ4v) is 2.65. The van der Waals surface area contributed by atoms with Crippen molar-refractivity contribution in [1.82, 2.24) is 0 Å². The van der Waals surface area contributed by atoms with Crippen LogP contribution >= 0.6 is 0 Å². The van der Waals surface area contributed by atoms with Crippen LogP contribution in [0.5, 0.6) is 0 Å². The highest BCUT2D eigenvalue weighted by atomic mass is 19.1. The quantitative estimate of drug-likeness (QED) is 0.645. The second kappa shape index (κ2) is 6.11.